The number of carbonyl (C=O) groups excluding carboxylic acids is 3. The lowest BCUT2D eigenvalue weighted by Gasteiger charge is -2.17. The molecule has 8 nitrogen and oxygen atoms in total. The average Bonchev–Trinajstić information content (AvgIpc) is 3.18. The summed E-state index contributed by atoms with van der Waals surface area (Å²) in [7, 11) is 0. The third kappa shape index (κ3) is 3.39. The molecule has 0 bridgehead atoms. The highest BCUT2D eigenvalue weighted by atomic mass is 19.1. The Kier molecular flexibility index (Phi) is 4.55. The Hall–Kier alpha value is -3.10. The number of carbonyl (C=O) groups is 3. The lowest BCUT2D eigenvalue weighted by Crippen LogP contribution is -2.33. The second kappa shape index (κ2) is 6.80. The molecule has 0 aliphatic carbocycles. The van der Waals surface area contributed by atoms with E-state index in [1.165, 1.54) is 21.9 Å². The van der Waals surface area contributed by atoms with Crippen LogP contribution in [0.1, 0.15) is 0 Å². The average molecular weight is 349 g/mol. The molecule has 1 atom stereocenters. The van der Waals surface area contributed by atoms with E-state index in [1.807, 2.05) is 0 Å². The standard InChI is InChI=1S/C16H16FN3O5/c1-2-14(21)18-8-11-9-20(16(23)25-11)10-3-4-13(12(17)7-10)19-5-6-24-15(19)22/h2-4,7,11H,1,5-6,8-9H2,(H,18,21)/t11-/m1/s1. The third-order valence-corrected chi connectivity index (χ3v) is 3.86. The molecule has 25 heavy (non-hydrogen) atoms. The predicted molar refractivity (Wildman–Crippen MR) is 85.9 cm³/mol. The molecule has 2 fully saturated rings. The Morgan fingerprint density at radius 1 is 1.36 bits per heavy atom. The lowest BCUT2D eigenvalue weighted by atomic mass is 10.2. The second-order valence-corrected chi connectivity index (χ2v) is 5.47. The van der Waals surface area contributed by atoms with Crippen LogP contribution >= 0.6 is 0 Å². The summed E-state index contributed by atoms with van der Waals surface area (Å²) in [4.78, 5) is 37.1. The zero-order valence-corrected chi connectivity index (χ0v) is 13.2. The van der Waals surface area contributed by atoms with E-state index in [9.17, 15) is 18.8 Å². The normalized spacial score (nSPS) is 19.6. The quantitative estimate of drug-likeness (QED) is 0.812. The lowest BCUT2D eigenvalue weighted by molar-refractivity contribution is -0.116. The Morgan fingerprint density at radius 2 is 2.16 bits per heavy atom. The van der Waals surface area contributed by atoms with Crippen molar-refractivity contribution in [2.45, 2.75) is 6.10 Å². The zero-order valence-electron chi connectivity index (χ0n) is 13.2. The Balaban J connectivity index is 1.70. The van der Waals surface area contributed by atoms with Gasteiger partial charge in [-0.15, -0.1) is 0 Å². The first-order chi connectivity index (χ1) is 12.0. The molecular formula is C16H16FN3O5. The molecule has 0 saturated carbocycles. The topological polar surface area (TPSA) is 88.2 Å². The van der Waals surface area contributed by atoms with Gasteiger partial charge in [-0.25, -0.2) is 14.0 Å². The van der Waals surface area contributed by atoms with Crippen molar-refractivity contribution in [3.05, 3.63) is 36.7 Å². The first-order valence-electron chi connectivity index (χ1n) is 7.62. The van der Waals surface area contributed by atoms with Crippen LogP contribution in [-0.4, -0.2) is 50.4 Å². The maximum Gasteiger partial charge on any atom is 0.414 e. The number of rotatable bonds is 5. The maximum absolute atomic E-state index is 14.4. The van der Waals surface area contributed by atoms with Gasteiger partial charge in [-0.1, -0.05) is 6.58 Å². The van der Waals surface area contributed by atoms with E-state index in [1.54, 1.807) is 0 Å². The molecule has 0 aromatic heterocycles. The Labute approximate surface area is 142 Å². The summed E-state index contributed by atoms with van der Waals surface area (Å²) in [5.74, 6) is -1.02. The van der Waals surface area contributed by atoms with E-state index in [0.29, 0.717) is 5.69 Å². The van der Waals surface area contributed by atoms with Gasteiger partial charge >= 0.3 is 12.2 Å². The van der Waals surface area contributed by atoms with Crippen LogP contribution in [0.2, 0.25) is 0 Å². The number of amides is 3. The summed E-state index contributed by atoms with van der Waals surface area (Å²) in [5.41, 5.74) is 0.393. The minimum absolute atomic E-state index is 0.0913. The van der Waals surface area contributed by atoms with Crippen molar-refractivity contribution in [1.29, 1.82) is 0 Å². The van der Waals surface area contributed by atoms with Gasteiger partial charge in [0.05, 0.1) is 31.0 Å². The van der Waals surface area contributed by atoms with Crippen molar-refractivity contribution in [2.24, 2.45) is 0 Å². The maximum atomic E-state index is 14.4. The predicted octanol–water partition coefficient (Wildman–Crippen LogP) is 1.41. The zero-order chi connectivity index (χ0) is 18.0. The molecule has 1 N–H and O–H groups in total. The minimum Gasteiger partial charge on any atom is -0.447 e. The van der Waals surface area contributed by atoms with Crippen LogP contribution in [0.5, 0.6) is 0 Å². The van der Waals surface area contributed by atoms with E-state index in [-0.39, 0.29) is 37.8 Å². The number of halogens is 1. The van der Waals surface area contributed by atoms with Crippen LogP contribution in [0.4, 0.5) is 25.4 Å². The monoisotopic (exact) mass is 349 g/mol. The Bertz CT molecular complexity index is 738. The van der Waals surface area contributed by atoms with Gasteiger partial charge in [0.1, 0.15) is 18.5 Å². The number of hydrogen-bond donors (Lipinski definition) is 1. The number of anilines is 2. The van der Waals surface area contributed by atoms with Crippen LogP contribution in [0.25, 0.3) is 0 Å². The third-order valence-electron chi connectivity index (χ3n) is 3.86. The van der Waals surface area contributed by atoms with Crippen LogP contribution in [0.3, 0.4) is 0 Å². The van der Waals surface area contributed by atoms with Crippen LogP contribution < -0.4 is 15.1 Å². The SMILES string of the molecule is C=CC(=O)NC[C@@H]1CN(c2ccc(N3CCOC3=O)c(F)c2)C(=O)O1. The first kappa shape index (κ1) is 16.7. The first-order valence-corrected chi connectivity index (χ1v) is 7.62. The number of cyclic esters (lactones) is 2. The fraction of sp³-hybridized carbons (Fsp3) is 0.312. The van der Waals surface area contributed by atoms with E-state index in [2.05, 4.69) is 11.9 Å². The number of nitrogens with one attached hydrogen (secondary N) is 1. The fourth-order valence-corrected chi connectivity index (χ4v) is 2.62. The highest BCUT2D eigenvalue weighted by Gasteiger charge is 2.33. The van der Waals surface area contributed by atoms with Gasteiger partial charge in [0, 0.05) is 0 Å². The summed E-state index contributed by atoms with van der Waals surface area (Å²) in [5, 5.41) is 2.54. The van der Waals surface area contributed by atoms with Crippen molar-refractivity contribution >= 4 is 29.5 Å². The molecule has 1 aromatic carbocycles. The molecule has 2 saturated heterocycles. The molecule has 3 rings (SSSR count). The van der Waals surface area contributed by atoms with Crippen molar-refractivity contribution < 1.29 is 28.2 Å². The number of hydrogen-bond acceptors (Lipinski definition) is 5. The van der Waals surface area contributed by atoms with E-state index in [4.69, 9.17) is 9.47 Å². The van der Waals surface area contributed by atoms with Gasteiger partial charge in [-0.05, 0) is 24.3 Å². The van der Waals surface area contributed by atoms with Crippen LogP contribution in [0.15, 0.2) is 30.9 Å². The molecule has 2 heterocycles. The largest absolute Gasteiger partial charge is 0.447 e. The Morgan fingerprint density at radius 3 is 2.80 bits per heavy atom. The van der Waals surface area contributed by atoms with Gasteiger partial charge < -0.3 is 14.8 Å². The van der Waals surface area contributed by atoms with Crippen LogP contribution in [0, 0.1) is 5.82 Å². The van der Waals surface area contributed by atoms with Crippen LogP contribution in [-0.2, 0) is 14.3 Å². The summed E-state index contributed by atoms with van der Waals surface area (Å²) < 4.78 is 24.3. The number of ether oxygens (including phenoxy) is 2. The molecule has 0 spiro atoms. The van der Waals surface area contributed by atoms with Crippen molar-refractivity contribution in [1.82, 2.24) is 5.32 Å². The minimum atomic E-state index is -0.646. The van der Waals surface area contributed by atoms with Gasteiger partial charge in [0.25, 0.3) is 0 Å². The van der Waals surface area contributed by atoms with Gasteiger partial charge in [0.2, 0.25) is 5.91 Å². The molecule has 3 amide bonds. The van der Waals surface area contributed by atoms with Gasteiger partial charge in [-0.2, -0.15) is 0 Å². The summed E-state index contributed by atoms with van der Waals surface area (Å²) >= 11 is 0. The van der Waals surface area contributed by atoms with Crippen molar-refractivity contribution in [2.75, 3.05) is 36.0 Å². The van der Waals surface area contributed by atoms with Crippen molar-refractivity contribution in [3.8, 4) is 0 Å². The van der Waals surface area contributed by atoms with E-state index < -0.39 is 24.1 Å². The molecule has 0 radical (unpaired) electrons. The highest BCUT2D eigenvalue weighted by molar-refractivity contribution is 5.92. The molecule has 132 valence electrons. The molecule has 9 heteroatoms. The van der Waals surface area contributed by atoms with Gasteiger partial charge in [-0.3, -0.25) is 14.6 Å². The smallest absolute Gasteiger partial charge is 0.414 e. The molecule has 2 aliphatic rings. The van der Waals surface area contributed by atoms with Crippen molar-refractivity contribution in [3.63, 3.8) is 0 Å². The molecule has 2 aliphatic heterocycles. The number of benzene rings is 1. The molecule has 0 unspecified atom stereocenters. The summed E-state index contributed by atoms with van der Waals surface area (Å²) in [6, 6.07) is 4.10. The van der Waals surface area contributed by atoms with E-state index in [0.717, 1.165) is 12.1 Å². The summed E-state index contributed by atoms with van der Waals surface area (Å²) in [6.07, 6.45) is -0.671. The summed E-state index contributed by atoms with van der Waals surface area (Å²) in [6.45, 7) is 4.10. The second-order valence-electron chi connectivity index (χ2n) is 5.47. The highest BCUT2D eigenvalue weighted by Crippen LogP contribution is 2.29. The van der Waals surface area contributed by atoms with E-state index >= 15 is 0 Å². The molecule has 1 aromatic rings. The van der Waals surface area contributed by atoms with Gasteiger partial charge in [0.15, 0.2) is 0 Å². The number of nitrogens with zero attached hydrogens (tertiary/aromatic N) is 2. The fourth-order valence-electron chi connectivity index (χ4n) is 2.62. The molecular weight excluding hydrogens is 333 g/mol.